The molecule has 2 N–H and O–H groups in total. The number of carbonyl (C=O) groups is 2. The Hall–Kier alpha value is -1.26. The lowest BCUT2D eigenvalue weighted by molar-refractivity contribution is -0.142. The lowest BCUT2D eigenvalue weighted by Gasteiger charge is -2.23. The van der Waals surface area contributed by atoms with Gasteiger partial charge in [-0.1, -0.05) is 12.8 Å². The third-order valence-corrected chi connectivity index (χ3v) is 2.99. The molecule has 5 heteroatoms. The molecular weight excluding hydrogens is 234 g/mol. The number of hydrogen-bond acceptors (Lipinski definition) is 3. The van der Waals surface area contributed by atoms with Crippen molar-refractivity contribution in [2.24, 2.45) is 5.92 Å². The first-order valence-electron chi connectivity index (χ1n) is 6.50. The summed E-state index contributed by atoms with van der Waals surface area (Å²) < 4.78 is 5.18. The van der Waals surface area contributed by atoms with Crippen LogP contribution >= 0.6 is 0 Å². The average molecular weight is 257 g/mol. The maximum atomic E-state index is 11.6. The van der Waals surface area contributed by atoms with E-state index in [-0.39, 0.29) is 12.0 Å². The van der Waals surface area contributed by atoms with Gasteiger partial charge in [0.15, 0.2) is 0 Å². The van der Waals surface area contributed by atoms with Crippen molar-refractivity contribution in [1.29, 1.82) is 0 Å². The highest BCUT2D eigenvalue weighted by Gasteiger charge is 2.27. The molecular formula is C13H23NO4. The Bertz CT molecular complexity index is 309. The highest BCUT2D eigenvalue weighted by atomic mass is 16.6. The van der Waals surface area contributed by atoms with Crippen LogP contribution in [0.4, 0.5) is 4.79 Å². The van der Waals surface area contributed by atoms with Crippen LogP contribution in [-0.2, 0) is 9.53 Å². The predicted octanol–water partition coefficient (Wildman–Crippen LogP) is 2.54. The molecule has 0 radical (unpaired) electrons. The molecule has 1 aliphatic carbocycles. The Kier molecular flexibility index (Phi) is 4.99. The number of carbonyl (C=O) groups excluding carboxylic acids is 1. The number of ether oxygens (including phenoxy) is 1. The first-order chi connectivity index (χ1) is 8.28. The molecule has 0 aliphatic heterocycles. The van der Waals surface area contributed by atoms with E-state index in [0.29, 0.717) is 12.8 Å². The molecule has 1 amide bonds. The average Bonchev–Trinajstić information content (AvgIpc) is 2.40. The molecule has 1 unspecified atom stereocenters. The van der Waals surface area contributed by atoms with E-state index in [1.807, 2.05) is 0 Å². The van der Waals surface area contributed by atoms with Gasteiger partial charge in [-0.15, -0.1) is 0 Å². The Morgan fingerprint density at radius 3 is 2.39 bits per heavy atom. The molecule has 1 rings (SSSR count). The van der Waals surface area contributed by atoms with E-state index in [0.717, 1.165) is 19.3 Å². The van der Waals surface area contributed by atoms with Crippen LogP contribution in [0, 0.1) is 5.92 Å². The Labute approximate surface area is 108 Å². The van der Waals surface area contributed by atoms with Crippen LogP contribution in [0.5, 0.6) is 0 Å². The zero-order chi connectivity index (χ0) is 13.8. The van der Waals surface area contributed by atoms with E-state index in [1.165, 1.54) is 0 Å². The van der Waals surface area contributed by atoms with E-state index in [4.69, 9.17) is 9.84 Å². The minimum Gasteiger partial charge on any atom is -0.481 e. The highest BCUT2D eigenvalue weighted by molar-refractivity contribution is 5.71. The molecule has 0 aromatic rings. The van der Waals surface area contributed by atoms with Crippen LogP contribution in [-0.4, -0.2) is 28.8 Å². The number of amides is 1. The van der Waals surface area contributed by atoms with Crippen molar-refractivity contribution >= 4 is 12.1 Å². The molecule has 5 nitrogen and oxygen atoms in total. The Morgan fingerprint density at radius 1 is 1.22 bits per heavy atom. The van der Waals surface area contributed by atoms with Gasteiger partial charge in [0.05, 0.1) is 5.92 Å². The van der Waals surface area contributed by atoms with Crippen molar-refractivity contribution in [1.82, 2.24) is 5.32 Å². The maximum Gasteiger partial charge on any atom is 0.407 e. The number of rotatable bonds is 2. The summed E-state index contributed by atoms with van der Waals surface area (Å²) in [4.78, 5) is 22.7. The minimum absolute atomic E-state index is 0.0940. The molecule has 2 atom stereocenters. The molecule has 1 aliphatic rings. The van der Waals surface area contributed by atoms with Crippen LogP contribution in [0.3, 0.4) is 0 Å². The number of nitrogens with one attached hydrogen (secondary N) is 1. The highest BCUT2D eigenvalue weighted by Crippen LogP contribution is 2.23. The van der Waals surface area contributed by atoms with Gasteiger partial charge in [0.25, 0.3) is 0 Å². The molecule has 104 valence electrons. The van der Waals surface area contributed by atoms with Crippen LogP contribution in [0.15, 0.2) is 0 Å². The van der Waals surface area contributed by atoms with Gasteiger partial charge in [-0.05, 0) is 40.0 Å². The summed E-state index contributed by atoms with van der Waals surface area (Å²) in [6.45, 7) is 5.42. The lowest BCUT2D eigenvalue weighted by Crippen LogP contribution is -2.40. The van der Waals surface area contributed by atoms with Gasteiger partial charge in [0.2, 0.25) is 0 Å². The van der Waals surface area contributed by atoms with E-state index in [1.54, 1.807) is 20.8 Å². The third-order valence-electron chi connectivity index (χ3n) is 2.99. The third kappa shape index (κ3) is 5.38. The van der Waals surface area contributed by atoms with Crippen LogP contribution < -0.4 is 5.32 Å². The molecule has 0 bridgehead atoms. The number of hydrogen-bond donors (Lipinski definition) is 2. The topological polar surface area (TPSA) is 75.6 Å². The molecule has 0 heterocycles. The monoisotopic (exact) mass is 257 g/mol. The molecule has 1 fully saturated rings. The maximum absolute atomic E-state index is 11.6. The molecule has 18 heavy (non-hydrogen) atoms. The summed E-state index contributed by atoms with van der Waals surface area (Å²) in [5.74, 6) is -1.12. The molecule has 0 aromatic heterocycles. The standard InChI is InChI=1S/C13H23NO4/c1-13(2,3)18-12(17)14-10-7-5-4-6-9(8-10)11(15)16/h9-10H,4-8H2,1-3H3,(H,14,17)(H,15,16)/t9?,10-/m1/s1. The zero-order valence-electron chi connectivity index (χ0n) is 11.4. The van der Waals surface area contributed by atoms with Crippen LogP contribution in [0.1, 0.15) is 52.9 Å². The summed E-state index contributed by atoms with van der Waals surface area (Å²) in [6, 6.07) is -0.0940. The second-order valence-electron chi connectivity index (χ2n) is 5.90. The lowest BCUT2D eigenvalue weighted by atomic mass is 9.98. The van der Waals surface area contributed by atoms with Crippen molar-refractivity contribution in [3.8, 4) is 0 Å². The van der Waals surface area contributed by atoms with E-state index >= 15 is 0 Å². The van der Waals surface area contributed by atoms with E-state index < -0.39 is 17.7 Å². The number of aliphatic carboxylic acids is 1. The van der Waals surface area contributed by atoms with Crippen molar-refractivity contribution in [3.63, 3.8) is 0 Å². The smallest absolute Gasteiger partial charge is 0.407 e. The molecule has 0 spiro atoms. The zero-order valence-corrected chi connectivity index (χ0v) is 11.4. The second kappa shape index (κ2) is 6.07. The van der Waals surface area contributed by atoms with Gasteiger partial charge in [0.1, 0.15) is 5.60 Å². The second-order valence-corrected chi connectivity index (χ2v) is 5.90. The molecule has 1 saturated carbocycles. The first-order valence-corrected chi connectivity index (χ1v) is 6.50. The van der Waals surface area contributed by atoms with Gasteiger partial charge in [-0.3, -0.25) is 4.79 Å². The molecule has 0 saturated heterocycles. The fourth-order valence-corrected chi connectivity index (χ4v) is 2.19. The summed E-state index contributed by atoms with van der Waals surface area (Å²) in [5, 5.41) is 11.8. The van der Waals surface area contributed by atoms with Gasteiger partial charge in [-0.2, -0.15) is 0 Å². The molecule has 0 aromatic carbocycles. The summed E-state index contributed by atoms with van der Waals surface area (Å²) in [6.07, 6.45) is 3.41. The van der Waals surface area contributed by atoms with Gasteiger partial charge in [0, 0.05) is 6.04 Å². The Morgan fingerprint density at radius 2 is 1.83 bits per heavy atom. The van der Waals surface area contributed by atoms with Crippen molar-refractivity contribution < 1.29 is 19.4 Å². The first kappa shape index (κ1) is 14.8. The SMILES string of the molecule is CC(C)(C)OC(=O)N[C@@H]1CCCCC(C(=O)O)C1. The fourth-order valence-electron chi connectivity index (χ4n) is 2.19. The van der Waals surface area contributed by atoms with Crippen LogP contribution in [0.25, 0.3) is 0 Å². The Balaban J connectivity index is 2.49. The van der Waals surface area contributed by atoms with Gasteiger partial charge >= 0.3 is 12.1 Å². The number of carboxylic acids is 1. The van der Waals surface area contributed by atoms with Gasteiger partial charge < -0.3 is 15.2 Å². The largest absolute Gasteiger partial charge is 0.481 e. The van der Waals surface area contributed by atoms with E-state index in [9.17, 15) is 9.59 Å². The summed E-state index contributed by atoms with van der Waals surface area (Å²) in [7, 11) is 0. The fraction of sp³-hybridized carbons (Fsp3) is 0.846. The summed E-state index contributed by atoms with van der Waals surface area (Å²) in [5.41, 5.74) is -0.527. The van der Waals surface area contributed by atoms with Crippen molar-refractivity contribution in [2.45, 2.75) is 64.5 Å². The minimum atomic E-state index is -0.770. The van der Waals surface area contributed by atoms with Gasteiger partial charge in [-0.25, -0.2) is 4.79 Å². The quantitative estimate of drug-likeness (QED) is 0.745. The predicted molar refractivity (Wildman–Crippen MR) is 67.4 cm³/mol. The normalized spacial score (nSPS) is 25.1. The summed E-state index contributed by atoms with van der Waals surface area (Å²) >= 11 is 0. The number of carboxylic acid groups (broad SMARTS) is 1. The van der Waals surface area contributed by atoms with Crippen molar-refractivity contribution in [3.05, 3.63) is 0 Å². The van der Waals surface area contributed by atoms with Crippen LogP contribution in [0.2, 0.25) is 0 Å². The van der Waals surface area contributed by atoms with E-state index in [2.05, 4.69) is 5.32 Å². The van der Waals surface area contributed by atoms with Crippen molar-refractivity contribution in [2.75, 3.05) is 0 Å². The number of alkyl carbamates (subject to hydrolysis) is 1.